The number of likely N-dealkylation sites (tertiary alicyclic amines) is 1. The number of carbonyl (C=O) groups excluding carboxylic acids is 2. The van der Waals surface area contributed by atoms with Gasteiger partial charge in [0.25, 0.3) is 11.8 Å². The van der Waals surface area contributed by atoms with E-state index in [1.54, 1.807) is 0 Å². The van der Waals surface area contributed by atoms with E-state index in [0.29, 0.717) is 18.6 Å². The van der Waals surface area contributed by atoms with Gasteiger partial charge in [0.15, 0.2) is 11.7 Å². The molecule has 2 amide bonds. The van der Waals surface area contributed by atoms with Crippen LogP contribution in [-0.2, 0) is 16.0 Å². The summed E-state index contributed by atoms with van der Waals surface area (Å²) in [7, 11) is 4.26. The van der Waals surface area contributed by atoms with E-state index in [1.165, 1.54) is 5.56 Å². The lowest BCUT2D eigenvalue weighted by Gasteiger charge is -2.52. The first kappa shape index (κ1) is 30.3. The highest BCUT2D eigenvalue weighted by molar-refractivity contribution is 6.10. The van der Waals surface area contributed by atoms with Crippen LogP contribution >= 0.6 is 0 Å². The van der Waals surface area contributed by atoms with Crippen LogP contribution in [0.3, 0.4) is 0 Å². The lowest BCUT2D eigenvalue weighted by molar-refractivity contribution is -0.123. The Morgan fingerprint density at radius 2 is 1.41 bits per heavy atom. The van der Waals surface area contributed by atoms with Crippen molar-refractivity contribution in [3.8, 4) is 11.5 Å². The van der Waals surface area contributed by atoms with Gasteiger partial charge in [-0.15, -0.1) is 0 Å². The molecule has 2 atom stereocenters. The van der Waals surface area contributed by atoms with Crippen molar-refractivity contribution in [3.63, 3.8) is 0 Å². The topological polar surface area (TPSA) is 126 Å². The first-order chi connectivity index (χ1) is 21.9. The van der Waals surface area contributed by atoms with Crippen LogP contribution in [0, 0.1) is 5.41 Å². The molecule has 0 unspecified atom stereocenters. The maximum atomic E-state index is 12.0. The summed E-state index contributed by atoms with van der Waals surface area (Å²) in [4.78, 5) is 32.5. The molecule has 2 aromatic carbocycles. The summed E-state index contributed by atoms with van der Waals surface area (Å²) >= 11 is 0. The number of anilines is 3. The van der Waals surface area contributed by atoms with E-state index in [-0.39, 0.29) is 29.4 Å². The summed E-state index contributed by atoms with van der Waals surface area (Å²) in [5.41, 5.74) is 9.80. The van der Waals surface area contributed by atoms with Crippen LogP contribution in [0.4, 0.5) is 17.1 Å². The number of hydrogen-bond acceptors (Lipinski definition) is 11. The Balaban J connectivity index is 0.000000147. The van der Waals surface area contributed by atoms with Crippen LogP contribution in [0.15, 0.2) is 46.6 Å². The van der Waals surface area contributed by atoms with E-state index in [9.17, 15) is 9.59 Å². The van der Waals surface area contributed by atoms with Crippen molar-refractivity contribution >= 4 is 40.5 Å². The lowest BCUT2D eigenvalue weighted by Crippen LogP contribution is -2.66. The lowest BCUT2D eigenvalue weighted by atomic mass is 9.78. The van der Waals surface area contributed by atoms with Crippen LogP contribution in [0.2, 0.25) is 0 Å². The molecule has 6 aliphatic heterocycles. The Kier molecular flexibility index (Phi) is 7.35. The smallest absolute Gasteiger partial charge is 0.262 e. The summed E-state index contributed by atoms with van der Waals surface area (Å²) in [6, 6.07) is 11.9. The van der Waals surface area contributed by atoms with Gasteiger partial charge in [0.2, 0.25) is 0 Å². The van der Waals surface area contributed by atoms with Crippen molar-refractivity contribution in [2.75, 3.05) is 68.2 Å². The molecule has 2 saturated heterocycles. The molecular weight excluding hydrogens is 586 g/mol. The highest BCUT2D eigenvalue weighted by Gasteiger charge is 2.42. The third-order valence-electron chi connectivity index (χ3n) is 10.0. The second-order valence-electron chi connectivity index (χ2n) is 14.0. The predicted molar refractivity (Wildman–Crippen MR) is 178 cm³/mol. The minimum atomic E-state index is -0.300. The third-order valence-corrected chi connectivity index (χ3v) is 10.0. The molecular formula is C33H43N9O4. The van der Waals surface area contributed by atoms with Crippen LogP contribution < -0.4 is 40.3 Å². The minimum Gasteiger partial charge on any atom is -0.483 e. The van der Waals surface area contributed by atoms with Gasteiger partial charge in [-0.05, 0) is 75.5 Å². The molecule has 6 aliphatic rings. The molecule has 0 spiro atoms. The predicted octanol–water partition coefficient (Wildman–Crippen LogP) is 1.73. The number of amidine groups is 2. The number of likely N-dealkylation sites (N-methyl/N-ethyl adjacent to an activating group) is 2. The highest BCUT2D eigenvalue weighted by atomic mass is 16.5. The molecule has 2 fully saturated rings. The normalized spacial score (nSPS) is 25.0. The Morgan fingerprint density at radius 3 is 1.93 bits per heavy atom. The van der Waals surface area contributed by atoms with Gasteiger partial charge in [-0.25, -0.2) is 10.9 Å². The Labute approximate surface area is 269 Å². The summed E-state index contributed by atoms with van der Waals surface area (Å²) in [5, 5.41) is 11.6. The fourth-order valence-corrected chi connectivity index (χ4v) is 7.22. The zero-order chi connectivity index (χ0) is 32.4. The van der Waals surface area contributed by atoms with E-state index in [1.807, 2.05) is 35.8 Å². The first-order valence-corrected chi connectivity index (χ1v) is 15.9. The summed E-state index contributed by atoms with van der Waals surface area (Å²) in [6.45, 7) is 13.3. The molecule has 0 aliphatic carbocycles. The van der Waals surface area contributed by atoms with E-state index in [2.05, 4.69) is 88.4 Å². The standard InChI is InChI=1S/C17H23N5O2.C16H20N4O2/c1-11-16(23)19-18-15-8-24-14-6-5-12(7-13(14)22(11)15)21(4)17(2)9-20(3)10-17;1-10-15(21)19-18-14-7-22-13-4-3-11(5-12(13)20(10)14)6-16(2)8-17-9-16/h5-7,11H,8-10H2,1-4H3,(H,19,23);3-5,10,17H,6-9H2,1-2H3,(H,19,21)/t11-;10-/m11/s1. The fraction of sp³-hybridized carbons (Fsp3) is 0.515. The van der Waals surface area contributed by atoms with Gasteiger partial charge in [0, 0.05) is 38.9 Å². The van der Waals surface area contributed by atoms with E-state index >= 15 is 0 Å². The fourth-order valence-electron chi connectivity index (χ4n) is 7.22. The van der Waals surface area contributed by atoms with Crippen molar-refractivity contribution in [1.29, 1.82) is 0 Å². The molecule has 6 heterocycles. The monoisotopic (exact) mass is 629 g/mol. The number of amides is 2. The molecule has 244 valence electrons. The molecule has 13 nitrogen and oxygen atoms in total. The number of benzene rings is 2. The minimum absolute atomic E-state index is 0.0860. The molecule has 0 radical (unpaired) electrons. The average Bonchev–Trinajstić information content (AvgIpc) is 3.02. The summed E-state index contributed by atoms with van der Waals surface area (Å²) in [5.74, 6) is 2.93. The van der Waals surface area contributed by atoms with Gasteiger partial charge >= 0.3 is 0 Å². The van der Waals surface area contributed by atoms with Crippen LogP contribution in [-0.4, -0.2) is 99.5 Å². The number of ether oxygens (including phenoxy) is 2. The largest absolute Gasteiger partial charge is 0.483 e. The van der Waals surface area contributed by atoms with Gasteiger partial charge < -0.3 is 34.4 Å². The Hall–Kier alpha value is -4.36. The highest BCUT2D eigenvalue weighted by Crippen LogP contribution is 2.40. The van der Waals surface area contributed by atoms with Crippen molar-refractivity contribution in [2.45, 2.75) is 51.7 Å². The number of nitrogens with zero attached hydrogens (tertiary/aromatic N) is 6. The molecule has 13 heteroatoms. The van der Waals surface area contributed by atoms with Crippen molar-refractivity contribution in [3.05, 3.63) is 42.0 Å². The Morgan fingerprint density at radius 1 is 0.870 bits per heavy atom. The Bertz CT molecular complexity index is 1630. The van der Waals surface area contributed by atoms with E-state index in [4.69, 9.17) is 9.47 Å². The van der Waals surface area contributed by atoms with Crippen LogP contribution in [0.5, 0.6) is 11.5 Å². The number of hydrazone groups is 2. The molecule has 8 rings (SSSR count). The third kappa shape index (κ3) is 5.20. The first-order valence-electron chi connectivity index (χ1n) is 15.9. The number of fused-ring (bicyclic) bond motifs is 6. The SMILES string of the molecule is C[C@@H]1C(=O)NN=C2COc3ccc(CC4(C)CNC4)cc3N21.C[C@@H]1C(=O)NN=C2COc3ccc(N(C)C4(C)CN(C)C4)cc3N21. The molecule has 0 bridgehead atoms. The summed E-state index contributed by atoms with van der Waals surface area (Å²) < 4.78 is 11.6. The van der Waals surface area contributed by atoms with Gasteiger partial charge in [-0.3, -0.25) is 9.59 Å². The van der Waals surface area contributed by atoms with Crippen molar-refractivity contribution < 1.29 is 19.1 Å². The average molecular weight is 630 g/mol. The molecule has 46 heavy (non-hydrogen) atoms. The number of rotatable bonds is 4. The van der Waals surface area contributed by atoms with Gasteiger partial charge in [-0.1, -0.05) is 13.0 Å². The maximum absolute atomic E-state index is 12.0. The van der Waals surface area contributed by atoms with Gasteiger partial charge in [-0.2, -0.15) is 10.2 Å². The van der Waals surface area contributed by atoms with Crippen molar-refractivity contribution in [2.24, 2.45) is 15.6 Å². The molecule has 3 N–H and O–H groups in total. The number of hydrogen-bond donors (Lipinski definition) is 3. The van der Waals surface area contributed by atoms with Gasteiger partial charge in [0.1, 0.15) is 36.8 Å². The van der Waals surface area contributed by atoms with Gasteiger partial charge in [0.05, 0.1) is 16.9 Å². The summed E-state index contributed by atoms with van der Waals surface area (Å²) in [6.07, 6.45) is 1.02. The zero-order valence-electron chi connectivity index (χ0n) is 27.4. The van der Waals surface area contributed by atoms with E-state index in [0.717, 1.165) is 72.8 Å². The maximum Gasteiger partial charge on any atom is 0.262 e. The van der Waals surface area contributed by atoms with Crippen LogP contribution in [0.1, 0.15) is 33.3 Å². The molecule has 0 aromatic heterocycles. The molecule has 2 aromatic rings. The number of carbonyl (C=O) groups is 2. The second-order valence-corrected chi connectivity index (χ2v) is 14.0. The van der Waals surface area contributed by atoms with E-state index < -0.39 is 0 Å². The molecule has 0 saturated carbocycles. The zero-order valence-corrected chi connectivity index (χ0v) is 27.4. The second kappa shape index (κ2) is 11.2. The number of nitrogens with one attached hydrogen (secondary N) is 3. The van der Waals surface area contributed by atoms with Crippen LogP contribution in [0.25, 0.3) is 0 Å². The quantitative estimate of drug-likeness (QED) is 0.464. The van der Waals surface area contributed by atoms with Crippen molar-refractivity contribution in [1.82, 2.24) is 21.1 Å².